The van der Waals surface area contributed by atoms with Gasteiger partial charge in [0.1, 0.15) is 6.61 Å². The van der Waals surface area contributed by atoms with E-state index in [0.29, 0.717) is 57.6 Å². The fraction of sp³-hybridized carbons (Fsp3) is 0.304. The predicted molar refractivity (Wildman–Crippen MR) is 130 cm³/mol. The Morgan fingerprint density at radius 1 is 1.16 bits per heavy atom. The zero-order valence-corrected chi connectivity index (χ0v) is 20.9. The Bertz CT molecular complexity index is 1030. The summed E-state index contributed by atoms with van der Waals surface area (Å²) in [6, 6.07) is 11.0. The van der Waals surface area contributed by atoms with Gasteiger partial charge in [0.25, 0.3) is 11.1 Å². The maximum atomic E-state index is 12.7. The van der Waals surface area contributed by atoms with Gasteiger partial charge in [0.05, 0.1) is 11.5 Å². The SMILES string of the molecule is CCOc1cc(/C=C2/SC(=O)N(CCCOC)C2=O)c(Br)cc1OCc1ccccc1Cl. The third kappa shape index (κ3) is 6.07. The monoisotopic (exact) mass is 539 g/mol. The maximum Gasteiger partial charge on any atom is 0.293 e. The van der Waals surface area contributed by atoms with Crippen molar-refractivity contribution in [2.75, 3.05) is 26.9 Å². The molecule has 0 N–H and O–H groups in total. The molecule has 1 fully saturated rings. The number of imide groups is 1. The maximum absolute atomic E-state index is 12.7. The van der Waals surface area contributed by atoms with Crippen molar-refractivity contribution >= 4 is 56.5 Å². The van der Waals surface area contributed by atoms with Gasteiger partial charge in [0.2, 0.25) is 0 Å². The fourth-order valence-electron chi connectivity index (χ4n) is 3.01. The molecule has 32 heavy (non-hydrogen) atoms. The molecule has 0 aliphatic carbocycles. The molecule has 2 aromatic carbocycles. The second-order valence-corrected chi connectivity index (χ2v) is 9.07. The van der Waals surface area contributed by atoms with Gasteiger partial charge in [-0.05, 0) is 54.9 Å². The van der Waals surface area contributed by atoms with Gasteiger partial charge in [0.15, 0.2) is 11.5 Å². The smallest absolute Gasteiger partial charge is 0.293 e. The second-order valence-electron chi connectivity index (χ2n) is 6.81. The molecule has 0 atom stereocenters. The molecule has 1 aliphatic heterocycles. The molecule has 6 nitrogen and oxygen atoms in total. The third-order valence-corrected chi connectivity index (χ3v) is 6.56. The molecule has 2 amide bonds. The van der Waals surface area contributed by atoms with E-state index in [0.717, 1.165) is 17.3 Å². The van der Waals surface area contributed by atoms with Crippen molar-refractivity contribution in [3.8, 4) is 11.5 Å². The molecule has 2 aromatic rings. The van der Waals surface area contributed by atoms with Crippen molar-refractivity contribution < 1.29 is 23.8 Å². The average Bonchev–Trinajstić information content (AvgIpc) is 3.03. The Morgan fingerprint density at radius 2 is 1.91 bits per heavy atom. The standard InChI is InChI=1S/C23H23BrClNO5S/c1-3-30-19-11-16(12-21-22(27)26(23(28)32-21)9-6-10-29-2)17(24)13-20(19)31-14-15-7-4-5-8-18(15)25/h4-5,7-8,11-13H,3,6,9-10,14H2,1-2H3/b21-12+. The number of benzene rings is 2. The second kappa shape index (κ2) is 11.7. The first kappa shape index (κ1) is 24.6. The molecular formula is C23H23BrClNO5S. The fourth-order valence-corrected chi connectivity index (χ4v) is 4.50. The predicted octanol–water partition coefficient (Wildman–Crippen LogP) is 6.15. The molecular weight excluding hydrogens is 518 g/mol. The summed E-state index contributed by atoms with van der Waals surface area (Å²) in [4.78, 5) is 26.5. The largest absolute Gasteiger partial charge is 0.490 e. The lowest BCUT2D eigenvalue weighted by Gasteiger charge is -2.15. The Balaban J connectivity index is 1.82. The number of halogens is 2. The molecule has 170 valence electrons. The Kier molecular flexibility index (Phi) is 9.04. The van der Waals surface area contributed by atoms with Crippen LogP contribution in [0.4, 0.5) is 4.79 Å². The van der Waals surface area contributed by atoms with Gasteiger partial charge < -0.3 is 14.2 Å². The highest BCUT2D eigenvalue weighted by atomic mass is 79.9. The number of hydrogen-bond donors (Lipinski definition) is 0. The lowest BCUT2D eigenvalue weighted by atomic mass is 10.1. The number of hydrogen-bond acceptors (Lipinski definition) is 6. The van der Waals surface area contributed by atoms with Gasteiger partial charge in [-0.1, -0.05) is 45.7 Å². The van der Waals surface area contributed by atoms with E-state index >= 15 is 0 Å². The van der Waals surface area contributed by atoms with E-state index in [1.807, 2.05) is 31.2 Å². The third-order valence-electron chi connectivity index (χ3n) is 4.59. The average molecular weight is 541 g/mol. The summed E-state index contributed by atoms with van der Waals surface area (Å²) in [7, 11) is 1.59. The van der Waals surface area contributed by atoms with E-state index < -0.39 is 0 Å². The number of methoxy groups -OCH3 is 1. The minimum atomic E-state index is -0.306. The van der Waals surface area contributed by atoms with Crippen LogP contribution in [-0.4, -0.2) is 42.9 Å². The molecule has 3 rings (SSSR count). The summed E-state index contributed by atoms with van der Waals surface area (Å²) in [5, 5.41) is 0.348. The molecule has 1 aliphatic rings. The highest BCUT2D eigenvalue weighted by molar-refractivity contribution is 9.10. The van der Waals surface area contributed by atoms with Crippen LogP contribution in [0.3, 0.4) is 0 Å². The number of thioether (sulfide) groups is 1. The van der Waals surface area contributed by atoms with Crippen molar-refractivity contribution in [3.05, 3.63) is 61.9 Å². The summed E-state index contributed by atoms with van der Waals surface area (Å²) in [5.41, 5.74) is 1.57. The number of ether oxygens (including phenoxy) is 3. The van der Waals surface area contributed by atoms with Crippen LogP contribution in [0.1, 0.15) is 24.5 Å². The van der Waals surface area contributed by atoms with E-state index in [1.54, 1.807) is 25.3 Å². The van der Waals surface area contributed by atoms with Gasteiger partial charge >= 0.3 is 0 Å². The molecule has 1 saturated heterocycles. The molecule has 0 radical (unpaired) electrons. The number of amides is 2. The molecule has 0 bridgehead atoms. The molecule has 9 heteroatoms. The van der Waals surface area contributed by atoms with Crippen LogP contribution < -0.4 is 9.47 Å². The van der Waals surface area contributed by atoms with Gasteiger partial charge in [-0.3, -0.25) is 14.5 Å². The van der Waals surface area contributed by atoms with Crippen LogP contribution in [0.25, 0.3) is 6.08 Å². The zero-order chi connectivity index (χ0) is 23.1. The van der Waals surface area contributed by atoms with Crippen molar-refractivity contribution in [1.82, 2.24) is 4.90 Å². The van der Waals surface area contributed by atoms with E-state index in [1.165, 1.54) is 4.90 Å². The summed E-state index contributed by atoms with van der Waals surface area (Å²) < 4.78 is 17.4. The minimum absolute atomic E-state index is 0.279. The summed E-state index contributed by atoms with van der Waals surface area (Å²) >= 11 is 10.7. The van der Waals surface area contributed by atoms with Gasteiger partial charge in [0, 0.05) is 35.3 Å². The van der Waals surface area contributed by atoms with Gasteiger partial charge in [-0.25, -0.2) is 0 Å². The lowest BCUT2D eigenvalue weighted by molar-refractivity contribution is -0.122. The molecule has 0 unspecified atom stereocenters. The number of nitrogens with zero attached hydrogens (tertiary/aromatic N) is 1. The van der Waals surface area contributed by atoms with E-state index in [2.05, 4.69) is 15.9 Å². The number of rotatable bonds is 10. The normalized spacial score (nSPS) is 15.0. The van der Waals surface area contributed by atoms with Gasteiger partial charge in [-0.2, -0.15) is 0 Å². The Morgan fingerprint density at radius 3 is 2.62 bits per heavy atom. The molecule has 0 spiro atoms. The highest BCUT2D eigenvalue weighted by Crippen LogP contribution is 2.38. The van der Waals surface area contributed by atoms with E-state index in [4.69, 9.17) is 25.8 Å². The van der Waals surface area contributed by atoms with Crippen LogP contribution in [-0.2, 0) is 16.1 Å². The van der Waals surface area contributed by atoms with Crippen LogP contribution in [0.5, 0.6) is 11.5 Å². The first-order valence-electron chi connectivity index (χ1n) is 10.0. The van der Waals surface area contributed by atoms with Crippen molar-refractivity contribution in [2.45, 2.75) is 20.0 Å². The highest BCUT2D eigenvalue weighted by Gasteiger charge is 2.34. The molecule has 0 aromatic heterocycles. The van der Waals surface area contributed by atoms with Crippen LogP contribution >= 0.6 is 39.3 Å². The quantitative estimate of drug-likeness (QED) is 0.266. The first-order chi connectivity index (χ1) is 15.4. The first-order valence-corrected chi connectivity index (χ1v) is 12.0. The summed E-state index contributed by atoms with van der Waals surface area (Å²) in [6.45, 7) is 3.42. The van der Waals surface area contributed by atoms with Crippen LogP contribution in [0, 0.1) is 0 Å². The Hall–Kier alpha value is -2.00. The van der Waals surface area contributed by atoms with Crippen molar-refractivity contribution in [1.29, 1.82) is 0 Å². The van der Waals surface area contributed by atoms with Crippen LogP contribution in [0.15, 0.2) is 45.8 Å². The number of carbonyl (C=O) groups is 2. The summed E-state index contributed by atoms with van der Waals surface area (Å²) in [5.74, 6) is 0.775. The molecule has 0 saturated carbocycles. The van der Waals surface area contributed by atoms with Crippen LogP contribution in [0.2, 0.25) is 5.02 Å². The topological polar surface area (TPSA) is 65.1 Å². The van der Waals surface area contributed by atoms with Crippen molar-refractivity contribution in [2.24, 2.45) is 0 Å². The van der Waals surface area contributed by atoms with E-state index in [-0.39, 0.29) is 17.8 Å². The molecule has 1 heterocycles. The number of carbonyl (C=O) groups excluding carboxylic acids is 2. The Labute approximate surface area is 205 Å². The van der Waals surface area contributed by atoms with Gasteiger partial charge in [-0.15, -0.1) is 0 Å². The zero-order valence-electron chi connectivity index (χ0n) is 17.7. The minimum Gasteiger partial charge on any atom is -0.490 e. The van der Waals surface area contributed by atoms with E-state index in [9.17, 15) is 9.59 Å². The summed E-state index contributed by atoms with van der Waals surface area (Å²) in [6.07, 6.45) is 2.28. The lowest BCUT2D eigenvalue weighted by Crippen LogP contribution is -2.29. The van der Waals surface area contributed by atoms with Crippen molar-refractivity contribution in [3.63, 3.8) is 0 Å².